The van der Waals surface area contributed by atoms with Gasteiger partial charge in [-0.05, 0) is 50.5 Å². The minimum Gasteiger partial charge on any atom is -0.497 e. The third-order valence-electron chi connectivity index (χ3n) is 3.79. The van der Waals surface area contributed by atoms with Crippen LogP contribution in [0, 0.1) is 0 Å². The van der Waals surface area contributed by atoms with Gasteiger partial charge < -0.3 is 9.30 Å². The van der Waals surface area contributed by atoms with Crippen molar-refractivity contribution in [1.29, 1.82) is 0 Å². The molecule has 1 heterocycles. The topological polar surface area (TPSA) is 63.6 Å². The summed E-state index contributed by atoms with van der Waals surface area (Å²) < 4.78 is 34.6. The van der Waals surface area contributed by atoms with Gasteiger partial charge in [0.15, 0.2) is 0 Å². The number of aryl methyl sites for hydroxylation is 1. The Kier molecular flexibility index (Phi) is 5.46. The molecule has 1 aromatic heterocycles. The number of nitrogens with one attached hydrogen (secondary N) is 1. The molecule has 1 aromatic carbocycles. The van der Waals surface area contributed by atoms with Crippen LogP contribution in [0.1, 0.15) is 11.7 Å². The van der Waals surface area contributed by atoms with Gasteiger partial charge in [-0.1, -0.05) is 0 Å². The van der Waals surface area contributed by atoms with E-state index in [0.29, 0.717) is 12.3 Å². The van der Waals surface area contributed by atoms with E-state index in [1.807, 2.05) is 48.9 Å². The molecule has 0 saturated carbocycles. The number of methoxy groups -OCH3 is 1. The molecule has 0 radical (unpaired) electrons. The Hall–Kier alpha value is -1.83. The maximum Gasteiger partial charge on any atom is 0.240 e. The largest absolute Gasteiger partial charge is 0.497 e. The summed E-state index contributed by atoms with van der Waals surface area (Å²) in [7, 11) is 3.79. The van der Waals surface area contributed by atoms with Crippen molar-refractivity contribution >= 4 is 10.0 Å². The minimum atomic E-state index is -3.56. The summed E-state index contributed by atoms with van der Waals surface area (Å²) in [4.78, 5) is 2.22. The van der Waals surface area contributed by atoms with Crippen molar-refractivity contribution < 1.29 is 13.2 Å². The van der Waals surface area contributed by atoms with Crippen LogP contribution in [0.3, 0.4) is 0 Å². The van der Waals surface area contributed by atoms with Crippen molar-refractivity contribution in [2.75, 3.05) is 27.7 Å². The molecule has 1 atom stereocenters. The summed E-state index contributed by atoms with van der Waals surface area (Å²) in [6.45, 7) is 0.291. The van der Waals surface area contributed by atoms with Crippen LogP contribution in [0.4, 0.5) is 0 Å². The second-order valence-corrected chi connectivity index (χ2v) is 7.32. The highest BCUT2D eigenvalue weighted by molar-refractivity contribution is 7.89. The molecule has 0 saturated heterocycles. The summed E-state index contributed by atoms with van der Waals surface area (Å²) >= 11 is 0. The van der Waals surface area contributed by atoms with E-state index in [1.54, 1.807) is 19.2 Å². The first kappa shape index (κ1) is 17.5. The number of nitrogens with zero attached hydrogens (tertiary/aromatic N) is 2. The zero-order valence-electron chi connectivity index (χ0n) is 13.9. The Morgan fingerprint density at radius 3 is 2.35 bits per heavy atom. The summed E-state index contributed by atoms with van der Waals surface area (Å²) in [6.07, 6.45) is 1.95. The van der Waals surface area contributed by atoms with Gasteiger partial charge in [-0.3, -0.25) is 4.90 Å². The normalized spacial score (nSPS) is 13.3. The van der Waals surface area contributed by atoms with Gasteiger partial charge in [-0.15, -0.1) is 0 Å². The van der Waals surface area contributed by atoms with Crippen molar-refractivity contribution in [2.45, 2.75) is 10.9 Å². The molecule has 0 aliphatic heterocycles. The number of rotatable bonds is 7. The smallest absolute Gasteiger partial charge is 0.240 e. The second kappa shape index (κ2) is 7.16. The molecule has 0 aliphatic carbocycles. The summed E-state index contributed by atoms with van der Waals surface area (Å²) in [5, 5.41) is 0. The first-order valence-electron chi connectivity index (χ1n) is 7.26. The highest BCUT2D eigenvalue weighted by Crippen LogP contribution is 2.19. The highest BCUT2D eigenvalue weighted by atomic mass is 32.2. The van der Waals surface area contributed by atoms with Crippen LogP contribution >= 0.6 is 0 Å². The fourth-order valence-electron chi connectivity index (χ4n) is 2.40. The van der Waals surface area contributed by atoms with Gasteiger partial charge in [0.05, 0.1) is 18.0 Å². The first-order valence-corrected chi connectivity index (χ1v) is 8.75. The van der Waals surface area contributed by atoms with E-state index < -0.39 is 10.0 Å². The molecule has 0 aliphatic rings. The summed E-state index contributed by atoms with van der Waals surface area (Å²) in [5.41, 5.74) is 1.05. The Morgan fingerprint density at radius 1 is 1.22 bits per heavy atom. The number of hydrogen-bond donors (Lipinski definition) is 1. The predicted molar refractivity (Wildman–Crippen MR) is 90.0 cm³/mol. The van der Waals surface area contributed by atoms with Gasteiger partial charge in [0.2, 0.25) is 10.0 Å². The van der Waals surface area contributed by atoms with Gasteiger partial charge in [0, 0.05) is 25.5 Å². The molecule has 0 fully saturated rings. The number of benzene rings is 1. The van der Waals surface area contributed by atoms with Gasteiger partial charge >= 0.3 is 0 Å². The third-order valence-corrected chi connectivity index (χ3v) is 5.22. The third kappa shape index (κ3) is 4.13. The van der Waals surface area contributed by atoms with E-state index in [2.05, 4.69) is 4.72 Å². The quantitative estimate of drug-likeness (QED) is 0.834. The monoisotopic (exact) mass is 337 g/mol. The van der Waals surface area contributed by atoms with Crippen LogP contribution in [0.25, 0.3) is 0 Å². The van der Waals surface area contributed by atoms with Gasteiger partial charge in [-0.2, -0.15) is 0 Å². The number of ether oxygens (including phenoxy) is 1. The minimum absolute atomic E-state index is 0.0528. The number of likely N-dealkylation sites (N-methyl/N-ethyl adjacent to an activating group) is 1. The molecule has 0 bridgehead atoms. The molecule has 6 nitrogen and oxygen atoms in total. The van der Waals surface area contributed by atoms with Crippen LogP contribution in [-0.2, 0) is 17.1 Å². The fourth-order valence-corrected chi connectivity index (χ4v) is 3.44. The average molecular weight is 337 g/mol. The Morgan fingerprint density at radius 2 is 1.87 bits per heavy atom. The van der Waals surface area contributed by atoms with Crippen LogP contribution < -0.4 is 9.46 Å². The molecule has 0 amide bonds. The molecule has 2 rings (SSSR count). The molecular formula is C16H23N3O3S. The molecule has 7 heteroatoms. The standard InChI is InChI=1S/C16H23N3O3S/c1-18(2)16(15-6-5-11-19(15)3)12-17-23(20,21)14-9-7-13(22-4)8-10-14/h5-11,16-17H,12H2,1-4H3/t16-/m1/s1. The van der Waals surface area contributed by atoms with Crippen LogP contribution in [-0.4, -0.2) is 45.6 Å². The molecular weight excluding hydrogens is 314 g/mol. The maximum atomic E-state index is 12.4. The van der Waals surface area contributed by atoms with Crippen molar-refractivity contribution in [2.24, 2.45) is 7.05 Å². The molecule has 0 unspecified atom stereocenters. The first-order chi connectivity index (χ1) is 10.8. The maximum absolute atomic E-state index is 12.4. The molecule has 2 aromatic rings. The van der Waals surface area contributed by atoms with E-state index in [1.165, 1.54) is 12.1 Å². The number of hydrogen-bond acceptors (Lipinski definition) is 4. The lowest BCUT2D eigenvalue weighted by Gasteiger charge is -2.25. The lowest BCUT2D eigenvalue weighted by Crippen LogP contribution is -2.35. The number of sulfonamides is 1. The zero-order valence-corrected chi connectivity index (χ0v) is 14.7. The van der Waals surface area contributed by atoms with Crippen molar-refractivity contribution in [3.8, 4) is 5.75 Å². The predicted octanol–water partition coefficient (Wildman–Crippen LogP) is 1.61. The van der Waals surface area contributed by atoms with E-state index >= 15 is 0 Å². The Balaban J connectivity index is 2.14. The average Bonchev–Trinajstić information content (AvgIpc) is 2.93. The Bertz CT molecular complexity index is 736. The lowest BCUT2D eigenvalue weighted by atomic mass is 10.2. The van der Waals surface area contributed by atoms with Crippen molar-refractivity contribution in [3.05, 3.63) is 48.3 Å². The van der Waals surface area contributed by atoms with E-state index in [4.69, 9.17) is 4.74 Å². The van der Waals surface area contributed by atoms with E-state index in [0.717, 1.165) is 5.69 Å². The van der Waals surface area contributed by atoms with Crippen molar-refractivity contribution in [3.63, 3.8) is 0 Å². The van der Waals surface area contributed by atoms with Crippen LogP contribution in [0.2, 0.25) is 0 Å². The summed E-state index contributed by atoms with van der Waals surface area (Å²) in [6, 6.07) is 10.2. The lowest BCUT2D eigenvalue weighted by molar-refractivity contribution is 0.289. The summed E-state index contributed by atoms with van der Waals surface area (Å²) in [5.74, 6) is 0.624. The SMILES string of the molecule is COc1ccc(S(=O)(=O)NC[C@H](c2cccn2C)N(C)C)cc1. The van der Waals surface area contributed by atoms with Crippen LogP contribution in [0.5, 0.6) is 5.75 Å². The van der Waals surface area contributed by atoms with Gasteiger partial charge in [-0.25, -0.2) is 13.1 Å². The molecule has 0 spiro atoms. The van der Waals surface area contributed by atoms with Crippen molar-refractivity contribution in [1.82, 2.24) is 14.2 Å². The molecule has 126 valence electrons. The molecule has 23 heavy (non-hydrogen) atoms. The van der Waals surface area contributed by atoms with Gasteiger partial charge in [0.25, 0.3) is 0 Å². The Labute approximate surface area is 137 Å². The highest BCUT2D eigenvalue weighted by Gasteiger charge is 2.21. The van der Waals surface area contributed by atoms with E-state index in [9.17, 15) is 8.42 Å². The zero-order chi connectivity index (χ0) is 17.0. The van der Waals surface area contributed by atoms with Gasteiger partial charge in [0.1, 0.15) is 5.75 Å². The van der Waals surface area contributed by atoms with Crippen LogP contribution in [0.15, 0.2) is 47.5 Å². The second-order valence-electron chi connectivity index (χ2n) is 5.55. The number of aromatic nitrogens is 1. The van der Waals surface area contributed by atoms with E-state index in [-0.39, 0.29) is 10.9 Å². The molecule has 1 N–H and O–H groups in total. The fraction of sp³-hybridized carbons (Fsp3) is 0.375.